The van der Waals surface area contributed by atoms with E-state index in [1.165, 1.54) is 0 Å². The number of aryl methyl sites for hydroxylation is 2. The molecule has 0 atom stereocenters. The van der Waals surface area contributed by atoms with Gasteiger partial charge in [0.15, 0.2) is 0 Å². The molecule has 0 aliphatic rings. The number of nitrogens with zero attached hydrogens (tertiary/aromatic N) is 1. The zero-order chi connectivity index (χ0) is 11.7. The molecule has 16 heavy (non-hydrogen) atoms. The topological polar surface area (TPSA) is 56.3 Å². The van der Waals surface area contributed by atoms with E-state index < -0.39 is 0 Å². The van der Waals surface area contributed by atoms with Crippen LogP contribution < -0.4 is 0 Å². The normalized spacial score (nSPS) is 10.4. The second-order valence-electron chi connectivity index (χ2n) is 3.69. The first-order valence-corrected chi connectivity index (χ1v) is 4.90. The summed E-state index contributed by atoms with van der Waals surface area (Å²) in [5.74, 6) is 1.27. The van der Waals surface area contributed by atoms with Crippen molar-refractivity contribution in [3.63, 3.8) is 0 Å². The van der Waals surface area contributed by atoms with Crippen molar-refractivity contribution in [3.8, 4) is 11.3 Å². The molecule has 2 aromatic rings. The minimum absolute atomic E-state index is 0.0781. The molecule has 82 valence electrons. The molecule has 1 aromatic carbocycles. The van der Waals surface area contributed by atoms with Crippen LogP contribution in [0.1, 0.15) is 11.3 Å². The summed E-state index contributed by atoms with van der Waals surface area (Å²) in [6, 6.07) is 8.63. The van der Waals surface area contributed by atoms with Crippen LogP contribution in [-0.2, 0) is 0 Å². The Morgan fingerprint density at radius 3 is 2.50 bits per heavy atom. The molecule has 0 saturated carbocycles. The first kappa shape index (κ1) is 10.4. The Hall–Kier alpha value is -2.10. The predicted molar refractivity (Wildman–Crippen MR) is 60.3 cm³/mol. The van der Waals surface area contributed by atoms with E-state index in [0.717, 1.165) is 11.3 Å². The molecule has 0 aliphatic heterocycles. The van der Waals surface area contributed by atoms with Crippen LogP contribution in [0.3, 0.4) is 0 Å². The molecule has 0 spiro atoms. The van der Waals surface area contributed by atoms with Crippen molar-refractivity contribution in [1.82, 2.24) is 0 Å². The van der Waals surface area contributed by atoms with E-state index >= 15 is 0 Å². The highest BCUT2D eigenvalue weighted by atomic mass is 16.6. The molecule has 0 aliphatic carbocycles. The van der Waals surface area contributed by atoms with Crippen molar-refractivity contribution < 1.29 is 9.34 Å². The van der Waals surface area contributed by atoms with Gasteiger partial charge in [-0.05, 0) is 37.6 Å². The highest BCUT2D eigenvalue weighted by molar-refractivity contribution is 5.70. The smallest absolute Gasteiger partial charge is 0.280 e. The van der Waals surface area contributed by atoms with Crippen LogP contribution in [0.5, 0.6) is 0 Å². The van der Waals surface area contributed by atoms with Crippen LogP contribution >= 0.6 is 0 Å². The van der Waals surface area contributed by atoms with Crippen molar-refractivity contribution in [2.24, 2.45) is 0 Å². The molecule has 0 saturated heterocycles. The standard InChI is InChI=1S/C12H11NO3/c1-8-3-5-10(11(7-8)13(14)15)12-6-4-9(2)16-12/h3-7H,1-2H3. The minimum Gasteiger partial charge on any atom is -0.461 e. The third-order valence-electron chi connectivity index (χ3n) is 2.36. The molecule has 0 N–H and O–H groups in total. The number of furan rings is 1. The van der Waals surface area contributed by atoms with Gasteiger partial charge in [-0.3, -0.25) is 10.1 Å². The molecule has 0 fully saturated rings. The molecule has 0 amide bonds. The highest BCUT2D eigenvalue weighted by Gasteiger charge is 2.17. The maximum Gasteiger partial charge on any atom is 0.280 e. The first-order chi connectivity index (χ1) is 7.58. The lowest BCUT2D eigenvalue weighted by Crippen LogP contribution is -1.92. The Bertz CT molecular complexity index is 543. The van der Waals surface area contributed by atoms with Gasteiger partial charge in [0, 0.05) is 6.07 Å². The van der Waals surface area contributed by atoms with Gasteiger partial charge in [-0.2, -0.15) is 0 Å². The van der Waals surface area contributed by atoms with Crippen molar-refractivity contribution >= 4 is 5.69 Å². The van der Waals surface area contributed by atoms with E-state index in [0.29, 0.717) is 11.3 Å². The van der Waals surface area contributed by atoms with E-state index in [2.05, 4.69) is 0 Å². The summed E-state index contributed by atoms with van der Waals surface area (Å²) in [5, 5.41) is 10.9. The molecule has 1 heterocycles. The summed E-state index contributed by atoms with van der Waals surface area (Å²) in [5.41, 5.74) is 1.46. The van der Waals surface area contributed by atoms with Gasteiger partial charge in [0.05, 0.1) is 10.5 Å². The van der Waals surface area contributed by atoms with Crippen LogP contribution in [-0.4, -0.2) is 4.92 Å². The monoisotopic (exact) mass is 217 g/mol. The third kappa shape index (κ3) is 1.82. The second kappa shape index (κ2) is 3.81. The van der Waals surface area contributed by atoms with Gasteiger partial charge in [-0.25, -0.2) is 0 Å². The minimum atomic E-state index is -0.389. The Morgan fingerprint density at radius 2 is 1.94 bits per heavy atom. The Morgan fingerprint density at radius 1 is 1.19 bits per heavy atom. The number of nitro benzene ring substituents is 1. The van der Waals surface area contributed by atoms with Crippen molar-refractivity contribution in [3.05, 3.63) is 51.8 Å². The number of rotatable bonds is 2. The molecule has 2 rings (SSSR count). The van der Waals surface area contributed by atoms with Crippen LogP contribution in [0.25, 0.3) is 11.3 Å². The maximum absolute atomic E-state index is 10.9. The molecular formula is C12H11NO3. The molecule has 4 heteroatoms. The average molecular weight is 217 g/mol. The number of benzene rings is 1. The number of nitro groups is 1. The molecule has 4 nitrogen and oxygen atoms in total. The van der Waals surface area contributed by atoms with Crippen LogP contribution in [0.2, 0.25) is 0 Å². The predicted octanol–water partition coefficient (Wildman–Crippen LogP) is 3.47. The van der Waals surface area contributed by atoms with E-state index in [1.807, 2.05) is 19.9 Å². The summed E-state index contributed by atoms with van der Waals surface area (Å²) in [6.45, 7) is 3.63. The SMILES string of the molecule is Cc1ccc(-c2ccc(C)o2)c([N+](=O)[O-])c1. The molecular weight excluding hydrogens is 206 g/mol. The largest absolute Gasteiger partial charge is 0.461 e. The third-order valence-corrected chi connectivity index (χ3v) is 2.36. The summed E-state index contributed by atoms with van der Waals surface area (Å²) in [4.78, 5) is 10.5. The fraction of sp³-hybridized carbons (Fsp3) is 0.167. The fourth-order valence-corrected chi connectivity index (χ4v) is 1.58. The van der Waals surface area contributed by atoms with Crippen molar-refractivity contribution in [2.45, 2.75) is 13.8 Å². The Kier molecular flexibility index (Phi) is 2.48. The summed E-state index contributed by atoms with van der Waals surface area (Å²) < 4.78 is 5.40. The fourth-order valence-electron chi connectivity index (χ4n) is 1.58. The van der Waals surface area contributed by atoms with Gasteiger partial charge in [0.25, 0.3) is 5.69 Å². The zero-order valence-corrected chi connectivity index (χ0v) is 9.06. The van der Waals surface area contributed by atoms with Gasteiger partial charge >= 0.3 is 0 Å². The average Bonchev–Trinajstić information content (AvgIpc) is 2.64. The van der Waals surface area contributed by atoms with Gasteiger partial charge in [0.2, 0.25) is 0 Å². The van der Waals surface area contributed by atoms with E-state index in [9.17, 15) is 10.1 Å². The molecule has 0 radical (unpaired) electrons. The van der Waals surface area contributed by atoms with E-state index in [1.54, 1.807) is 24.3 Å². The molecule has 0 bridgehead atoms. The van der Waals surface area contributed by atoms with E-state index in [4.69, 9.17) is 4.42 Å². The number of hydrogen-bond donors (Lipinski definition) is 0. The molecule has 0 unspecified atom stereocenters. The van der Waals surface area contributed by atoms with Gasteiger partial charge < -0.3 is 4.42 Å². The van der Waals surface area contributed by atoms with Crippen LogP contribution in [0.4, 0.5) is 5.69 Å². The highest BCUT2D eigenvalue weighted by Crippen LogP contribution is 2.31. The second-order valence-corrected chi connectivity index (χ2v) is 3.69. The van der Waals surface area contributed by atoms with Gasteiger partial charge in [-0.1, -0.05) is 6.07 Å². The maximum atomic E-state index is 10.9. The van der Waals surface area contributed by atoms with Gasteiger partial charge in [-0.15, -0.1) is 0 Å². The molecule has 1 aromatic heterocycles. The Labute approximate surface area is 92.7 Å². The van der Waals surface area contributed by atoms with Gasteiger partial charge in [0.1, 0.15) is 11.5 Å². The van der Waals surface area contributed by atoms with Crippen LogP contribution in [0, 0.1) is 24.0 Å². The van der Waals surface area contributed by atoms with Crippen LogP contribution in [0.15, 0.2) is 34.7 Å². The summed E-state index contributed by atoms with van der Waals surface area (Å²) in [6.07, 6.45) is 0. The van der Waals surface area contributed by atoms with Crippen molar-refractivity contribution in [1.29, 1.82) is 0 Å². The lowest BCUT2D eigenvalue weighted by atomic mass is 10.1. The quantitative estimate of drug-likeness (QED) is 0.571. The van der Waals surface area contributed by atoms with Crippen molar-refractivity contribution in [2.75, 3.05) is 0 Å². The summed E-state index contributed by atoms with van der Waals surface area (Å²) in [7, 11) is 0. The van der Waals surface area contributed by atoms with E-state index in [-0.39, 0.29) is 10.6 Å². The lowest BCUT2D eigenvalue weighted by Gasteiger charge is -2.00. The number of hydrogen-bond acceptors (Lipinski definition) is 3. The first-order valence-electron chi connectivity index (χ1n) is 4.90. The lowest BCUT2D eigenvalue weighted by molar-refractivity contribution is -0.384. The zero-order valence-electron chi connectivity index (χ0n) is 9.06. The summed E-state index contributed by atoms with van der Waals surface area (Å²) >= 11 is 0. The Balaban J connectivity index is 2.60.